The van der Waals surface area contributed by atoms with Crippen LogP contribution in [0.2, 0.25) is 0 Å². The van der Waals surface area contributed by atoms with E-state index in [9.17, 15) is 13.2 Å². The molecule has 3 nitrogen and oxygen atoms in total. The Morgan fingerprint density at radius 1 is 0.377 bits per heavy atom. The van der Waals surface area contributed by atoms with E-state index in [1.54, 1.807) is 18.2 Å². The van der Waals surface area contributed by atoms with Crippen LogP contribution in [0.3, 0.4) is 0 Å². The SMILES string of the molecule is FC(F)(F)c1ccc(N(c2cccc(-c3cccc4ccccc34)n2)c2cccc(-c3cccc4ccccc34)n2)cc1-c1cccc2ccccc12. The third-order valence-corrected chi connectivity index (χ3v) is 9.70. The van der Waals surface area contributed by atoms with Crippen LogP contribution in [0.25, 0.3) is 66.0 Å². The van der Waals surface area contributed by atoms with Crippen molar-refractivity contribution in [2.45, 2.75) is 6.18 Å². The number of aromatic nitrogens is 2. The molecular formula is C47H30F3N3. The Kier molecular flexibility index (Phi) is 7.93. The van der Waals surface area contributed by atoms with E-state index < -0.39 is 11.7 Å². The van der Waals surface area contributed by atoms with E-state index in [0.717, 1.165) is 54.8 Å². The monoisotopic (exact) mass is 693 g/mol. The molecule has 7 aromatic carbocycles. The molecule has 254 valence electrons. The Balaban J connectivity index is 1.28. The van der Waals surface area contributed by atoms with Gasteiger partial charge in [0.2, 0.25) is 0 Å². The molecule has 0 aliphatic rings. The predicted molar refractivity (Wildman–Crippen MR) is 211 cm³/mol. The summed E-state index contributed by atoms with van der Waals surface area (Å²) in [5.41, 5.74) is 3.71. The van der Waals surface area contributed by atoms with Crippen molar-refractivity contribution in [3.8, 4) is 33.6 Å². The topological polar surface area (TPSA) is 29.0 Å². The largest absolute Gasteiger partial charge is 0.417 e. The van der Waals surface area contributed by atoms with Crippen LogP contribution in [-0.2, 0) is 6.18 Å². The molecule has 0 atom stereocenters. The van der Waals surface area contributed by atoms with Crippen molar-refractivity contribution < 1.29 is 13.2 Å². The van der Waals surface area contributed by atoms with E-state index in [4.69, 9.17) is 9.97 Å². The third kappa shape index (κ3) is 5.94. The molecule has 0 fully saturated rings. The van der Waals surface area contributed by atoms with E-state index >= 15 is 0 Å². The summed E-state index contributed by atoms with van der Waals surface area (Å²) in [6.07, 6.45) is -4.59. The lowest BCUT2D eigenvalue weighted by Gasteiger charge is -2.26. The summed E-state index contributed by atoms with van der Waals surface area (Å²) in [6, 6.07) is 57.3. The van der Waals surface area contributed by atoms with Crippen LogP contribution in [0.4, 0.5) is 30.5 Å². The molecule has 0 aliphatic carbocycles. The van der Waals surface area contributed by atoms with Crippen molar-refractivity contribution >= 4 is 49.6 Å². The Labute approximate surface area is 304 Å². The number of hydrogen-bond donors (Lipinski definition) is 0. The maximum absolute atomic E-state index is 14.8. The smallest absolute Gasteiger partial charge is 0.279 e. The minimum atomic E-state index is -4.59. The van der Waals surface area contributed by atoms with E-state index in [2.05, 4.69) is 36.4 Å². The summed E-state index contributed by atoms with van der Waals surface area (Å²) in [7, 11) is 0. The lowest BCUT2D eigenvalue weighted by Crippen LogP contribution is -2.15. The molecule has 2 aromatic heterocycles. The van der Waals surface area contributed by atoms with Crippen LogP contribution < -0.4 is 4.90 Å². The fourth-order valence-electron chi connectivity index (χ4n) is 7.28. The zero-order chi connectivity index (χ0) is 35.9. The van der Waals surface area contributed by atoms with Crippen LogP contribution in [0.5, 0.6) is 0 Å². The predicted octanol–water partition coefficient (Wildman–Crippen LogP) is 13.4. The van der Waals surface area contributed by atoms with Crippen LogP contribution in [0, 0.1) is 0 Å². The zero-order valence-electron chi connectivity index (χ0n) is 28.3. The molecule has 0 saturated heterocycles. The average molecular weight is 694 g/mol. The molecule has 9 aromatic rings. The minimum absolute atomic E-state index is 0.0761. The average Bonchev–Trinajstić information content (AvgIpc) is 3.20. The van der Waals surface area contributed by atoms with Gasteiger partial charge in [0.15, 0.2) is 0 Å². The summed E-state index contributed by atoms with van der Waals surface area (Å²) < 4.78 is 44.4. The lowest BCUT2D eigenvalue weighted by atomic mass is 9.93. The number of nitrogens with zero attached hydrogens (tertiary/aromatic N) is 3. The Morgan fingerprint density at radius 3 is 1.28 bits per heavy atom. The first kappa shape index (κ1) is 32.1. The number of pyridine rings is 2. The molecule has 0 spiro atoms. The van der Waals surface area contributed by atoms with Gasteiger partial charge in [-0.2, -0.15) is 13.2 Å². The summed E-state index contributed by atoms with van der Waals surface area (Å²) in [5.74, 6) is 1.03. The van der Waals surface area contributed by atoms with Gasteiger partial charge >= 0.3 is 6.18 Å². The highest BCUT2D eigenvalue weighted by molar-refractivity contribution is 5.99. The van der Waals surface area contributed by atoms with Crippen LogP contribution in [0.1, 0.15) is 5.56 Å². The fraction of sp³-hybridized carbons (Fsp3) is 0.0213. The van der Waals surface area contributed by atoms with Gasteiger partial charge in [-0.05, 0) is 85.9 Å². The fourth-order valence-corrected chi connectivity index (χ4v) is 7.28. The normalized spacial score (nSPS) is 11.7. The van der Waals surface area contributed by atoms with Crippen molar-refractivity contribution in [2.75, 3.05) is 4.90 Å². The summed E-state index contributed by atoms with van der Waals surface area (Å²) in [5, 5.41) is 5.86. The summed E-state index contributed by atoms with van der Waals surface area (Å²) >= 11 is 0. The number of anilines is 3. The number of rotatable bonds is 6. The van der Waals surface area contributed by atoms with Crippen molar-refractivity contribution in [1.29, 1.82) is 0 Å². The first-order chi connectivity index (χ1) is 25.9. The summed E-state index contributed by atoms with van der Waals surface area (Å²) in [6.45, 7) is 0. The van der Waals surface area contributed by atoms with Crippen molar-refractivity contribution in [2.24, 2.45) is 0 Å². The standard InChI is InChI=1S/C47H30F3N3/c48-47(49,50)42-29-28-34(30-41(42)38-21-7-15-31-12-1-4-18-35(31)38)53(45-26-10-24-43(51-45)39-22-8-16-32-13-2-5-19-36(32)39)46-27-11-25-44(52-46)40-23-9-17-33-14-3-6-20-37(33)40/h1-30H. The highest BCUT2D eigenvalue weighted by Crippen LogP contribution is 2.44. The van der Waals surface area contributed by atoms with Gasteiger partial charge in [-0.25, -0.2) is 9.97 Å². The molecular weight excluding hydrogens is 664 g/mol. The number of hydrogen-bond acceptors (Lipinski definition) is 3. The van der Waals surface area contributed by atoms with Crippen molar-refractivity contribution in [1.82, 2.24) is 9.97 Å². The van der Waals surface area contributed by atoms with Gasteiger partial charge in [0.1, 0.15) is 11.6 Å². The van der Waals surface area contributed by atoms with Gasteiger partial charge in [-0.15, -0.1) is 0 Å². The molecule has 0 N–H and O–H groups in total. The first-order valence-electron chi connectivity index (χ1n) is 17.3. The maximum atomic E-state index is 14.8. The van der Waals surface area contributed by atoms with Crippen molar-refractivity contribution in [3.05, 3.63) is 188 Å². The van der Waals surface area contributed by atoms with Gasteiger partial charge in [-0.3, -0.25) is 4.90 Å². The van der Waals surface area contributed by atoms with Gasteiger partial charge < -0.3 is 0 Å². The highest BCUT2D eigenvalue weighted by atomic mass is 19.4. The van der Waals surface area contributed by atoms with E-state index in [1.165, 1.54) is 12.1 Å². The van der Waals surface area contributed by atoms with E-state index in [0.29, 0.717) is 22.9 Å². The maximum Gasteiger partial charge on any atom is 0.417 e. The second kappa shape index (κ2) is 13.1. The Hall–Kier alpha value is -6.79. The van der Waals surface area contributed by atoms with Gasteiger partial charge in [0.25, 0.3) is 0 Å². The second-order valence-electron chi connectivity index (χ2n) is 12.9. The van der Waals surface area contributed by atoms with Crippen LogP contribution >= 0.6 is 0 Å². The molecule has 53 heavy (non-hydrogen) atoms. The molecule has 0 aliphatic heterocycles. The van der Waals surface area contributed by atoms with Gasteiger partial charge in [0.05, 0.1) is 17.0 Å². The quantitative estimate of drug-likeness (QED) is 0.174. The van der Waals surface area contributed by atoms with Crippen LogP contribution in [0.15, 0.2) is 182 Å². The second-order valence-corrected chi connectivity index (χ2v) is 12.9. The molecule has 0 bridgehead atoms. The molecule has 2 heterocycles. The number of benzene rings is 7. The van der Waals surface area contributed by atoms with E-state index in [1.807, 2.05) is 120 Å². The van der Waals surface area contributed by atoms with Crippen molar-refractivity contribution in [3.63, 3.8) is 0 Å². The highest BCUT2D eigenvalue weighted by Gasteiger charge is 2.35. The molecule has 0 amide bonds. The van der Waals surface area contributed by atoms with Crippen LogP contribution in [-0.4, -0.2) is 9.97 Å². The third-order valence-electron chi connectivity index (χ3n) is 9.70. The summed E-state index contributed by atoms with van der Waals surface area (Å²) in [4.78, 5) is 12.2. The lowest BCUT2D eigenvalue weighted by molar-refractivity contribution is -0.137. The number of alkyl halides is 3. The number of fused-ring (bicyclic) bond motifs is 3. The Bertz CT molecular complexity index is 2670. The minimum Gasteiger partial charge on any atom is -0.279 e. The first-order valence-corrected chi connectivity index (χ1v) is 17.3. The molecule has 0 unspecified atom stereocenters. The molecule has 9 rings (SSSR count). The molecule has 0 saturated carbocycles. The van der Waals surface area contributed by atoms with Gasteiger partial charge in [-0.1, -0.05) is 140 Å². The molecule has 6 heteroatoms. The Morgan fingerprint density at radius 2 is 0.792 bits per heavy atom. The van der Waals surface area contributed by atoms with E-state index in [-0.39, 0.29) is 5.56 Å². The van der Waals surface area contributed by atoms with Gasteiger partial charge in [0, 0.05) is 16.8 Å². The molecule has 0 radical (unpaired) electrons. The number of halogens is 3. The zero-order valence-corrected chi connectivity index (χ0v) is 28.3.